The van der Waals surface area contributed by atoms with Gasteiger partial charge in [-0.3, -0.25) is 0 Å². The molecule has 0 radical (unpaired) electrons. The molecule has 2 heteroatoms. The average Bonchev–Trinajstić information content (AvgIpc) is 2.30. The molecule has 1 atom stereocenters. The standard InChI is InChI=1S/C14H20BrN/c1-10-2-4-11(5-3-10)14(16)12-6-8-13(15)9-7-12/h6-11,14H,2-5,16H2,1H3. The Morgan fingerprint density at radius 1 is 1.12 bits per heavy atom. The maximum atomic E-state index is 6.35. The van der Waals surface area contributed by atoms with Crippen molar-refractivity contribution in [2.24, 2.45) is 17.6 Å². The largest absolute Gasteiger partial charge is 0.324 e. The molecule has 0 bridgehead atoms. The fraction of sp³-hybridized carbons (Fsp3) is 0.571. The van der Waals surface area contributed by atoms with Gasteiger partial charge in [0.05, 0.1) is 0 Å². The van der Waals surface area contributed by atoms with Crippen LogP contribution in [-0.2, 0) is 0 Å². The smallest absolute Gasteiger partial charge is 0.0323 e. The predicted molar refractivity (Wildman–Crippen MR) is 72.2 cm³/mol. The van der Waals surface area contributed by atoms with Gasteiger partial charge in [-0.1, -0.05) is 47.8 Å². The van der Waals surface area contributed by atoms with Gasteiger partial charge in [0.2, 0.25) is 0 Å². The summed E-state index contributed by atoms with van der Waals surface area (Å²) in [4.78, 5) is 0. The van der Waals surface area contributed by atoms with E-state index in [4.69, 9.17) is 5.73 Å². The van der Waals surface area contributed by atoms with Crippen molar-refractivity contribution in [3.63, 3.8) is 0 Å². The lowest BCUT2D eigenvalue weighted by atomic mass is 9.78. The second kappa shape index (κ2) is 5.33. The quantitative estimate of drug-likeness (QED) is 0.861. The van der Waals surface area contributed by atoms with Gasteiger partial charge in [-0.15, -0.1) is 0 Å². The van der Waals surface area contributed by atoms with Gasteiger partial charge in [0, 0.05) is 10.5 Å². The topological polar surface area (TPSA) is 26.0 Å². The molecule has 0 amide bonds. The second-order valence-corrected chi connectivity index (χ2v) is 6.01. The molecule has 1 nitrogen and oxygen atoms in total. The first-order chi connectivity index (χ1) is 7.66. The van der Waals surface area contributed by atoms with Crippen LogP contribution < -0.4 is 5.73 Å². The lowest BCUT2D eigenvalue weighted by Gasteiger charge is -2.30. The summed E-state index contributed by atoms with van der Waals surface area (Å²) in [5, 5.41) is 0. The maximum Gasteiger partial charge on any atom is 0.0323 e. The normalized spacial score (nSPS) is 27.7. The number of halogens is 1. The lowest BCUT2D eigenvalue weighted by molar-refractivity contribution is 0.256. The van der Waals surface area contributed by atoms with Crippen LogP contribution in [0.3, 0.4) is 0 Å². The van der Waals surface area contributed by atoms with E-state index in [1.165, 1.54) is 31.2 Å². The minimum atomic E-state index is 0.223. The molecule has 16 heavy (non-hydrogen) atoms. The first-order valence-electron chi connectivity index (χ1n) is 6.18. The van der Waals surface area contributed by atoms with Crippen LogP contribution in [0.15, 0.2) is 28.7 Å². The molecule has 1 fully saturated rings. The van der Waals surface area contributed by atoms with Crippen LogP contribution in [0.4, 0.5) is 0 Å². The van der Waals surface area contributed by atoms with Gasteiger partial charge in [0.25, 0.3) is 0 Å². The zero-order chi connectivity index (χ0) is 11.5. The Bertz CT molecular complexity index is 325. The minimum absolute atomic E-state index is 0.223. The van der Waals surface area contributed by atoms with E-state index in [1.807, 2.05) is 0 Å². The van der Waals surface area contributed by atoms with Gasteiger partial charge >= 0.3 is 0 Å². The number of hydrogen-bond donors (Lipinski definition) is 1. The van der Waals surface area contributed by atoms with Gasteiger partial charge in [-0.25, -0.2) is 0 Å². The number of rotatable bonds is 2. The molecule has 1 saturated carbocycles. The van der Waals surface area contributed by atoms with Gasteiger partial charge in [-0.2, -0.15) is 0 Å². The Morgan fingerprint density at radius 3 is 2.25 bits per heavy atom. The second-order valence-electron chi connectivity index (χ2n) is 5.10. The van der Waals surface area contributed by atoms with Crippen LogP contribution in [0.5, 0.6) is 0 Å². The van der Waals surface area contributed by atoms with Crippen molar-refractivity contribution >= 4 is 15.9 Å². The van der Waals surface area contributed by atoms with Crippen molar-refractivity contribution < 1.29 is 0 Å². The zero-order valence-corrected chi connectivity index (χ0v) is 11.4. The van der Waals surface area contributed by atoms with Crippen LogP contribution in [-0.4, -0.2) is 0 Å². The summed E-state index contributed by atoms with van der Waals surface area (Å²) in [5.74, 6) is 1.57. The van der Waals surface area contributed by atoms with E-state index in [0.29, 0.717) is 5.92 Å². The first kappa shape index (κ1) is 12.1. The van der Waals surface area contributed by atoms with E-state index in [1.54, 1.807) is 0 Å². The summed E-state index contributed by atoms with van der Waals surface area (Å²) in [6, 6.07) is 8.68. The van der Waals surface area contributed by atoms with Crippen LogP contribution >= 0.6 is 15.9 Å². The highest BCUT2D eigenvalue weighted by atomic mass is 79.9. The Kier molecular flexibility index (Phi) is 4.04. The highest BCUT2D eigenvalue weighted by Crippen LogP contribution is 2.35. The lowest BCUT2D eigenvalue weighted by Crippen LogP contribution is -2.25. The average molecular weight is 282 g/mol. The van der Waals surface area contributed by atoms with E-state index in [9.17, 15) is 0 Å². The number of nitrogens with two attached hydrogens (primary N) is 1. The molecule has 0 heterocycles. The molecule has 0 spiro atoms. The molecule has 1 aromatic rings. The van der Waals surface area contributed by atoms with Crippen LogP contribution in [0, 0.1) is 11.8 Å². The summed E-state index contributed by atoms with van der Waals surface area (Å²) in [6.45, 7) is 2.35. The van der Waals surface area contributed by atoms with Gasteiger partial charge in [-0.05, 0) is 42.4 Å². The third-order valence-corrected chi connectivity index (χ3v) is 4.35. The van der Waals surface area contributed by atoms with E-state index in [-0.39, 0.29) is 6.04 Å². The molecule has 2 N–H and O–H groups in total. The zero-order valence-electron chi connectivity index (χ0n) is 9.83. The SMILES string of the molecule is CC1CCC(C(N)c2ccc(Br)cc2)CC1. The highest BCUT2D eigenvalue weighted by molar-refractivity contribution is 9.10. The summed E-state index contributed by atoms with van der Waals surface area (Å²) in [6.07, 6.45) is 5.26. The number of hydrogen-bond acceptors (Lipinski definition) is 1. The van der Waals surface area contributed by atoms with Crippen LogP contribution in [0.25, 0.3) is 0 Å². The molecular weight excluding hydrogens is 262 g/mol. The maximum absolute atomic E-state index is 6.35. The predicted octanol–water partition coefficient (Wildman–Crippen LogP) is 4.28. The molecular formula is C14H20BrN. The van der Waals surface area contributed by atoms with E-state index < -0.39 is 0 Å². The van der Waals surface area contributed by atoms with E-state index in [0.717, 1.165) is 10.4 Å². The minimum Gasteiger partial charge on any atom is -0.324 e. The molecule has 1 aliphatic rings. The Morgan fingerprint density at radius 2 is 1.69 bits per heavy atom. The molecule has 0 saturated heterocycles. The summed E-state index contributed by atoms with van der Waals surface area (Å²) >= 11 is 3.46. The van der Waals surface area contributed by atoms with Crippen molar-refractivity contribution in [1.82, 2.24) is 0 Å². The fourth-order valence-electron chi connectivity index (χ4n) is 2.60. The summed E-state index contributed by atoms with van der Waals surface area (Å²) < 4.78 is 1.13. The van der Waals surface area contributed by atoms with Gasteiger partial charge in [0.1, 0.15) is 0 Å². The van der Waals surface area contributed by atoms with E-state index >= 15 is 0 Å². The summed E-state index contributed by atoms with van der Waals surface area (Å²) in [7, 11) is 0. The third-order valence-electron chi connectivity index (χ3n) is 3.82. The molecule has 1 aliphatic carbocycles. The summed E-state index contributed by atoms with van der Waals surface area (Å²) in [5.41, 5.74) is 7.63. The fourth-order valence-corrected chi connectivity index (χ4v) is 2.87. The van der Waals surface area contributed by atoms with Crippen molar-refractivity contribution in [3.05, 3.63) is 34.3 Å². The van der Waals surface area contributed by atoms with Crippen molar-refractivity contribution in [1.29, 1.82) is 0 Å². The van der Waals surface area contributed by atoms with Crippen molar-refractivity contribution in [2.45, 2.75) is 38.6 Å². The van der Waals surface area contributed by atoms with Gasteiger partial charge in [0.15, 0.2) is 0 Å². The Balaban J connectivity index is 2.01. The Labute approximate surface area is 107 Å². The molecule has 1 unspecified atom stereocenters. The molecule has 1 aromatic carbocycles. The van der Waals surface area contributed by atoms with E-state index in [2.05, 4.69) is 47.1 Å². The molecule has 0 aromatic heterocycles. The molecule has 88 valence electrons. The van der Waals surface area contributed by atoms with Crippen molar-refractivity contribution in [3.8, 4) is 0 Å². The van der Waals surface area contributed by atoms with Gasteiger partial charge < -0.3 is 5.73 Å². The monoisotopic (exact) mass is 281 g/mol. The molecule has 2 rings (SSSR count). The van der Waals surface area contributed by atoms with Crippen LogP contribution in [0.2, 0.25) is 0 Å². The van der Waals surface area contributed by atoms with Crippen molar-refractivity contribution in [2.75, 3.05) is 0 Å². The first-order valence-corrected chi connectivity index (χ1v) is 6.97. The third kappa shape index (κ3) is 2.86. The Hall–Kier alpha value is -0.340. The van der Waals surface area contributed by atoms with Crippen LogP contribution in [0.1, 0.15) is 44.2 Å². The molecule has 0 aliphatic heterocycles. The number of benzene rings is 1. The highest BCUT2D eigenvalue weighted by Gasteiger charge is 2.24.